The summed E-state index contributed by atoms with van der Waals surface area (Å²) in [5.41, 5.74) is -5.95. The molecule has 0 atom stereocenters. The van der Waals surface area contributed by atoms with Crippen molar-refractivity contribution in [3.63, 3.8) is 0 Å². The number of rotatable bonds is 2. The van der Waals surface area contributed by atoms with Gasteiger partial charge in [0.05, 0.1) is 60.7 Å². The van der Waals surface area contributed by atoms with Gasteiger partial charge in [-0.1, -0.05) is 18.2 Å². The summed E-state index contributed by atoms with van der Waals surface area (Å²) in [5.74, 6) is -3.92. The molecule has 0 amide bonds. The largest absolute Gasteiger partial charge is 0.239 e. The topological polar surface area (TPSA) is 113 Å². The average Bonchev–Trinajstić information content (AvgIpc) is 3.54. The molecule has 2 aliphatic carbocycles. The van der Waals surface area contributed by atoms with Crippen molar-refractivity contribution in [3.8, 4) is 24.3 Å². The number of benzene rings is 3. The molecule has 3 aromatic rings. The first-order chi connectivity index (χ1) is 22.1. The Hall–Kier alpha value is -7.67. The summed E-state index contributed by atoms with van der Waals surface area (Å²) in [5, 5.41) is 39.1. The van der Waals surface area contributed by atoms with Gasteiger partial charge in [-0.05, 0) is 52.9 Å². The normalized spacial score (nSPS) is 14.7. The van der Waals surface area contributed by atoms with Crippen LogP contribution in [0.25, 0.3) is 53.1 Å². The molecule has 5 rings (SSSR count). The summed E-state index contributed by atoms with van der Waals surface area (Å²) in [6.07, 6.45) is 0. The zero-order valence-electron chi connectivity index (χ0n) is 23.2. The molecule has 210 valence electrons. The Balaban J connectivity index is 1.99. The first-order valence-corrected chi connectivity index (χ1v) is 12.7. The Kier molecular flexibility index (Phi) is 7.26. The number of hydrogen-bond acceptors (Lipinski definition) is 4. The first kappa shape index (κ1) is 29.8. The van der Waals surface area contributed by atoms with Gasteiger partial charge < -0.3 is 0 Å². The van der Waals surface area contributed by atoms with Gasteiger partial charge in [-0.25, -0.2) is 32.6 Å². The van der Waals surface area contributed by atoms with Gasteiger partial charge >= 0.3 is 0 Å². The fraction of sp³-hybridized carbons (Fsp3) is 0.0286. The van der Waals surface area contributed by atoms with E-state index in [4.69, 9.17) is 26.3 Å². The molecule has 2 aliphatic rings. The van der Waals surface area contributed by atoms with Gasteiger partial charge in [0.15, 0.2) is 11.4 Å². The third-order valence-corrected chi connectivity index (χ3v) is 7.39. The van der Waals surface area contributed by atoms with E-state index in [9.17, 15) is 21.0 Å². The van der Waals surface area contributed by atoms with Crippen LogP contribution in [0.1, 0.15) is 50.1 Å². The van der Waals surface area contributed by atoms with Gasteiger partial charge in [0.25, 0.3) is 0 Å². The lowest BCUT2D eigenvalue weighted by atomic mass is 9.85. The highest BCUT2D eigenvalue weighted by Gasteiger charge is 2.42. The van der Waals surface area contributed by atoms with E-state index < -0.39 is 62.3 Å². The van der Waals surface area contributed by atoms with Gasteiger partial charge in [-0.15, -0.1) is 0 Å². The monoisotopic (exact) mass is 598 g/mol. The minimum Gasteiger partial charge on any atom is -0.239 e. The lowest BCUT2D eigenvalue weighted by Crippen LogP contribution is -2.04. The van der Waals surface area contributed by atoms with E-state index in [1.165, 1.54) is 43.3 Å². The lowest BCUT2D eigenvalue weighted by molar-refractivity contribution is 0.619. The number of halogens is 3. The summed E-state index contributed by atoms with van der Waals surface area (Å²) in [6, 6.07) is 14.5. The summed E-state index contributed by atoms with van der Waals surface area (Å²) < 4.78 is 48.9. The minimum atomic E-state index is -1.34. The molecule has 11 heteroatoms. The molecule has 0 unspecified atom stereocenters. The van der Waals surface area contributed by atoms with E-state index in [0.29, 0.717) is 0 Å². The molecule has 0 saturated carbocycles. The molecule has 0 aromatic heterocycles. The molecule has 0 saturated heterocycles. The van der Waals surface area contributed by atoms with Gasteiger partial charge in [0, 0.05) is 22.3 Å². The molecular formula is C35H9F3N8. The first-order valence-electron chi connectivity index (χ1n) is 12.7. The zero-order chi connectivity index (χ0) is 33.4. The van der Waals surface area contributed by atoms with Crippen LogP contribution in [0, 0.1) is 84.4 Å². The molecule has 3 aromatic carbocycles. The summed E-state index contributed by atoms with van der Waals surface area (Å²) in [4.78, 5) is 13.1. The molecule has 0 bridgehead atoms. The zero-order valence-corrected chi connectivity index (χ0v) is 23.2. The van der Waals surface area contributed by atoms with Crippen molar-refractivity contribution in [1.29, 1.82) is 21.0 Å². The molecule has 0 spiro atoms. The van der Waals surface area contributed by atoms with E-state index in [2.05, 4.69) is 19.4 Å². The second kappa shape index (κ2) is 11.2. The van der Waals surface area contributed by atoms with Crippen LogP contribution in [0.2, 0.25) is 0 Å². The van der Waals surface area contributed by atoms with E-state index in [-0.39, 0.29) is 50.3 Å². The van der Waals surface area contributed by atoms with Gasteiger partial charge in [0.1, 0.15) is 29.6 Å². The van der Waals surface area contributed by atoms with Crippen LogP contribution >= 0.6 is 0 Å². The van der Waals surface area contributed by atoms with Crippen LogP contribution in [0.3, 0.4) is 0 Å². The van der Waals surface area contributed by atoms with Gasteiger partial charge in [-0.2, -0.15) is 21.0 Å². The van der Waals surface area contributed by atoms with E-state index in [1.807, 2.05) is 18.2 Å². The Labute approximate surface area is 259 Å². The number of allylic oxidation sites excluding steroid dienone is 6. The van der Waals surface area contributed by atoms with Crippen molar-refractivity contribution < 1.29 is 13.2 Å². The maximum atomic E-state index is 16.6. The van der Waals surface area contributed by atoms with Crippen LogP contribution < -0.4 is 0 Å². The highest BCUT2D eigenvalue weighted by Crippen LogP contribution is 2.56. The van der Waals surface area contributed by atoms with Crippen molar-refractivity contribution in [1.82, 2.24) is 0 Å². The molecule has 0 heterocycles. The van der Waals surface area contributed by atoms with Crippen molar-refractivity contribution in [2.75, 3.05) is 0 Å². The van der Waals surface area contributed by atoms with E-state index in [1.54, 1.807) is 6.07 Å². The quantitative estimate of drug-likeness (QED) is 0.216. The Morgan fingerprint density at radius 1 is 0.652 bits per heavy atom. The summed E-state index contributed by atoms with van der Waals surface area (Å²) >= 11 is 0. The molecule has 0 radical (unpaired) electrons. The average molecular weight is 599 g/mol. The van der Waals surface area contributed by atoms with Crippen LogP contribution in [0.15, 0.2) is 48.1 Å². The maximum Gasteiger partial charge on any atom is 0.233 e. The van der Waals surface area contributed by atoms with Crippen LogP contribution in [-0.4, -0.2) is 0 Å². The fourth-order valence-corrected chi connectivity index (χ4v) is 5.57. The Bertz CT molecular complexity index is 2260. The van der Waals surface area contributed by atoms with E-state index >= 15 is 13.2 Å². The second-order valence-corrected chi connectivity index (χ2v) is 9.70. The number of fused-ring (bicyclic) bond motifs is 2. The summed E-state index contributed by atoms with van der Waals surface area (Å²) in [6.45, 7) is 31.6. The number of hydrogen-bond donors (Lipinski definition) is 0. The summed E-state index contributed by atoms with van der Waals surface area (Å²) in [7, 11) is 0. The minimum absolute atomic E-state index is 0.0342. The molecule has 0 aliphatic heterocycles. The van der Waals surface area contributed by atoms with Gasteiger partial charge in [-0.3, -0.25) is 0 Å². The third-order valence-electron chi connectivity index (χ3n) is 7.39. The number of nitriles is 4. The molecule has 8 nitrogen and oxygen atoms in total. The third kappa shape index (κ3) is 4.17. The van der Waals surface area contributed by atoms with Crippen LogP contribution in [0.5, 0.6) is 0 Å². The van der Waals surface area contributed by atoms with Gasteiger partial charge in [0.2, 0.25) is 11.4 Å². The predicted octanol–water partition coefficient (Wildman–Crippen LogP) is 8.99. The standard InChI is InChI=1S/C35H9F3N8/c1-16-25-27(23(14-41)19-9-21(43-2)11-22(10-19)44-3)33(38)35(46-5)30(25)32(37)28-24(15-42)31(36)29(26(16)28)34(45-4)20-7-17(12-39)6-18(8-20)13-40/h6-11H,1H3/b27-23-,34-29+. The molecular weight excluding hydrogens is 589 g/mol. The van der Waals surface area contributed by atoms with Crippen LogP contribution in [-0.2, 0) is 0 Å². The van der Waals surface area contributed by atoms with Crippen molar-refractivity contribution in [3.05, 3.63) is 150 Å². The molecule has 46 heavy (non-hydrogen) atoms. The smallest absolute Gasteiger partial charge is 0.233 e. The highest BCUT2D eigenvalue weighted by molar-refractivity contribution is 6.18. The van der Waals surface area contributed by atoms with Crippen LogP contribution in [0.4, 0.5) is 24.5 Å². The molecule has 0 fully saturated rings. The fourth-order valence-electron chi connectivity index (χ4n) is 5.57. The van der Waals surface area contributed by atoms with Crippen molar-refractivity contribution in [2.24, 2.45) is 0 Å². The lowest BCUT2D eigenvalue weighted by Gasteiger charge is -2.18. The SMILES string of the molecule is [C-]#[N+]C1=C(F)/C(=C(/C#N)c2cc([N+]#[C-])cc([N+]#[C-])c2)c2c(C)c3c(c(F)c21)C(C#N)=C(F)/C3=C(/[N+]#[C-])c1cc(C#N)cc(C#N)c1. The second-order valence-electron chi connectivity index (χ2n) is 9.70. The van der Waals surface area contributed by atoms with Crippen molar-refractivity contribution >= 4 is 45.1 Å². The highest BCUT2D eigenvalue weighted by atomic mass is 19.1. The number of nitrogens with zero attached hydrogens (tertiary/aromatic N) is 8. The molecule has 0 N–H and O–H groups in total. The van der Waals surface area contributed by atoms with E-state index in [0.717, 1.165) is 0 Å². The maximum absolute atomic E-state index is 16.6. The Morgan fingerprint density at radius 3 is 1.72 bits per heavy atom. The predicted molar refractivity (Wildman–Crippen MR) is 160 cm³/mol. The van der Waals surface area contributed by atoms with Crippen molar-refractivity contribution in [2.45, 2.75) is 6.92 Å². The Morgan fingerprint density at radius 2 is 1.24 bits per heavy atom.